The first-order chi connectivity index (χ1) is 16.6. The van der Waals surface area contributed by atoms with E-state index in [9.17, 15) is 9.59 Å². The first-order valence-corrected chi connectivity index (χ1v) is 10.9. The zero-order valence-corrected chi connectivity index (χ0v) is 18.5. The maximum Gasteiger partial charge on any atom is 0.424 e. The van der Waals surface area contributed by atoms with E-state index < -0.39 is 6.09 Å². The number of anilines is 2. The van der Waals surface area contributed by atoms with Crippen LogP contribution in [0.3, 0.4) is 0 Å². The van der Waals surface area contributed by atoms with Crippen molar-refractivity contribution in [1.29, 1.82) is 0 Å². The Bertz CT molecular complexity index is 1340. The number of para-hydroxylation sites is 2. The third kappa shape index (κ3) is 4.32. The SMILES string of the molecule is Cc1ccc(C=C2Oc3cc(OC(=O)N(c4ccccc4)c4ccccc4)ccc3C2=O)cc1. The lowest BCUT2D eigenvalue weighted by atomic mass is 10.1. The number of aryl methyl sites for hydroxylation is 1. The fourth-order valence-corrected chi connectivity index (χ4v) is 3.71. The summed E-state index contributed by atoms with van der Waals surface area (Å²) in [4.78, 5) is 27.5. The zero-order chi connectivity index (χ0) is 23.5. The van der Waals surface area contributed by atoms with Gasteiger partial charge >= 0.3 is 6.09 Å². The molecule has 5 nitrogen and oxygen atoms in total. The number of carbonyl (C=O) groups is 2. The number of ether oxygens (including phenoxy) is 2. The standard InChI is InChI=1S/C29H21NO4/c1-20-12-14-21(15-13-20)18-27-28(31)25-17-16-24(19-26(25)34-27)33-29(32)30(22-8-4-2-5-9-22)23-10-6-3-7-11-23/h2-19H,1H3. The number of ketones is 1. The lowest BCUT2D eigenvalue weighted by molar-refractivity contribution is 0.101. The van der Waals surface area contributed by atoms with Crippen molar-refractivity contribution in [2.45, 2.75) is 6.92 Å². The normalized spacial score (nSPS) is 13.3. The summed E-state index contributed by atoms with van der Waals surface area (Å²) >= 11 is 0. The molecule has 0 aliphatic carbocycles. The highest BCUT2D eigenvalue weighted by molar-refractivity contribution is 6.14. The number of carbonyl (C=O) groups excluding carboxylic acids is 2. The van der Waals surface area contributed by atoms with Crippen LogP contribution in [-0.2, 0) is 0 Å². The number of benzene rings is 4. The molecule has 0 unspecified atom stereocenters. The molecule has 0 N–H and O–H groups in total. The van der Waals surface area contributed by atoms with E-state index in [1.165, 1.54) is 4.90 Å². The number of Topliss-reactive ketones (excluding diaryl/α,β-unsaturated/α-hetero) is 1. The van der Waals surface area contributed by atoms with E-state index in [-0.39, 0.29) is 17.3 Å². The Labute approximate surface area is 197 Å². The van der Waals surface area contributed by atoms with Gasteiger partial charge in [-0.1, -0.05) is 66.2 Å². The Morgan fingerprint density at radius 1 is 0.824 bits per heavy atom. The maximum atomic E-state index is 13.2. The quantitative estimate of drug-likeness (QED) is 0.318. The number of amides is 1. The number of nitrogens with zero attached hydrogens (tertiary/aromatic N) is 1. The Morgan fingerprint density at radius 2 is 1.44 bits per heavy atom. The molecule has 0 fully saturated rings. The monoisotopic (exact) mass is 447 g/mol. The average Bonchev–Trinajstić information content (AvgIpc) is 3.16. The lowest BCUT2D eigenvalue weighted by Gasteiger charge is -2.22. The molecule has 0 radical (unpaired) electrons. The van der Waals surface area contributed by atoms with E-state index in [1.807, 2.05) is 91.9 Å². The molecule has 34 heavy (non-hydrogen) atoms. The summed E-state index contributed by atoms with van der Waals surface area (Å²) in [6.45, 7) is 2.00. The smallest absolute Gasteiger partial charge is 0.424 e. The Hall–Kier alpha value is -4.64. The van der Waals surface area contributed by atoms with Gasteiger partial charge in [-0.25, -0.2) is 9.69 Å². The summed E-state index contributed by atoms with van der Waals surface area (Å²) in [6, 6.07) is 31.1. The first-order valence-electron chi connectivity index (χ1n) is 10.9. The highest BCUT2D eigenvalue weighted by Crippen LogP contribution is 2.35. The second-order valence-electron chi connectivity index (χ2n) is 7.88. The number of hydrogen-bond donors (Lipinski definition) is 0. The minimum Gasteiger partial charge on any atom is -0.452 e. The highest BCUT2D eigenvalue weighted by Gasteiger charge is 2.28. The van der Waals surface area contributed by atoms with Crippen molar-refractivity contribution in [2.75, 3.05) is 4.90 Å². The molecular weight excluding hydrogens is 426 g/mol. The van der Waals surface area contributed by atoms with Crippen LogP contribution in [0.15, 0.2) is 109 Å². The van der Waals surface area contributed by atoms with Crippen LogP contribution in [0.25, 0.3) is 6.08 Å². The Kier molecular flexibility index (Phi) is 5.67. The maximum absolute atomic E-state index is 13.2. The number of allylic oxidation sites excluding steroid dienone is 1. The van der Waals surface area contributed by atoms with Gasteiger partial charge in [-0.15, -0.1) is 0 Å². The molecule has 166 valence electrons. The van der Waals surface area contributed by atoms with E-state index in [4.69, 9.17) is 9.47 Å². The number of hydrogen-bond acceptors (Lipinski definition) is 4. The minimum absolute atomic E-state index is 0.205. The molecule has 0 saturated carbocycles. The molecule has 0 saturated heterocycles. The van der Waals surface area contributed by atoms with Crippen LogP contribution in [0.2, 0.25) is 0 Å². The van der Waals surface area contributed by atoms with E-state index in [0.29, 0.717) is 22.7 Å². The van der Waals surface area contributed by atoms with Crippen LogP contribution in [0.5, 0.6) is 11.5 Å². The molecule has 4 aromatic rings. The summed E-state index contributed by atoms with van der Waals surface area (Å²) in [5.74, 6) is 0.672. The predicted molar refractivity (Wildman–Crippen MR) is 132 cm³/mol. The van der Waals surface area contributed by atoms with Crippen molar-refractivity contribution < 1.29 is 19.1 Å². The van der Waals surface area contributed by atoms with Gasteiger partial charge in [0.25, 0.3) is 0 Å². The second kappa shape index (κ2) is 9.08. The molecule has 0 bridgehead atoms. The van der Waals surface area contributed by atoms with Crippen LogP contribution >= 0.6 is 0 Å². The van der Waals surface area contributed by atoms with Gasteiger partial charge in [0.15, 0.2) is 5.76 Å². The molecular formula is C29H21NO4. The third-order valence-electron chi connectivity index (χ3n) is 5.43. The van der Waals surface area contributed by atoms with Gasteiger partial charge in [-0.05, 0) is 55.0 Å². The number of rotatable bonds is 4. The van der Waals surface area contributed by atoms with Crippen LogP contribution in [-0.4, -0.2) is 11.9 Å². The van der Waals surface area contributed by atoms with E-state index in [1.54, 1.807) is 24.3 Å². The van der Waals surface area contributed by atoms with Gasteiger partial charge < -0.3 is 9.47 Å². The van der Waals surface area contributed by atoms with Gasteiger partial charge in [0.2, 0.25) is 5.78 Å². The van der Waals surface area contributed by atoms with E-state index in [2.05, 4.69) is 0 Å². The van der Waals surface area contributed by atoms with Crippen LogP contribution in [0.1, 0.15) is 21.5 Å². The van der Waals surface area contributed by atoms with Gasteiger partial charge in [0.05, 0.1) is 16.9 Å². The molecule has 1 amide bonds. The van der Waals surface area contributed by atoms with Gasteiger partial charge in [-0.2, -0.15) is 0 Å². The third-order valence-corrected chi connectivity index (χ3v) is 5.43. The second-order valence-corrected chi connectivity index (χ2v) is 7.88. The van der Waals surface area contributed by atoms with Crippen molar-refractivity contribution in [2.24, 2.45) is 0 Å². The molecule has 0 spiro atoms. The molecule has 0 aromatic heterocycles. The fraction of sp³-hybridized carbons (Fsp3) is 0.0345. The highest BCUT2D eigenvalue weighted by atomic mass is 16.6. The molecule has 4 aromatic carbocycles. The van der Waals surface area contributed by atoms with Crippen molar-refractivity contribution in [3.8, 4) is 11.5 Å². The summed E-state index contributed by atoms with van der Waals surface area (Å²) in [5.41, 5.74) is 3.79. The van der Waals surface area contributed by atoms with E-state index in [0.717, 1.165) is 11.1 Å². The first kappa shape index (κ1) is 21.2. The molecule has 1 aliphatic heterocycles. The molecule has 1 heterocycles. The van der Waals surface area contributed by atoms with Crippen molar-refractivity contribution in [3.05, 3.63) is 126 Å². The van der Waals surface area contributed by atoms with Gasteiger partial charge in [-0.3, -0.25) is 4.79 Å². The van der Waals surface area contributed by atoms with Crippen LogP contribution in [0.4, 0.5) is 16.2 Å². The summed E-state index contributed by atoms with van der Waals surface area (Å²) in [5, 5.41) is 0. The largest absolute Gasteiger partial charge is 0.452 e. The molecule has 5 rings (SSSR count). The van der Waals surface area contributed by atoms with E-state index >= 15 is 0 Å². The lowest BCUT2D eigenvalue weighted by Crippen LogP contribution is -2.29. The molecule has 1 aliphatic rings. The predicted octanol–water partition coefficient (Wildman–Crippen LogP) is 6.95. The summed E-state index contributed by atoms with van der Waals surface area (Å²) in [7, 11) is 0. The topological polar surface area (TPSA) is 55.8 Å². The minimum atomic E-state index is -0.572. The molecule has 5 heteroatoms. The van der Waals surface area contributed by atoms with Crippen molar-refractivity contribution >= 4 is 29.3 Å². The van der Waals surface area contributed by atoms with Gasteiger partial charge in [0.1, 0.15) is 11.5 Å². The zero-order valence-electron chi connectivity index (χ0n) is 18.5. The van der Waals surface area contributed by atoms with Crippen molar-refractivity contribution in [3.63, 3.8) is 0 Å². The van der Waals surface area contributed by atoms with Crippen LogP contribution in [0, 0.1) is 6.92 Å². The summed E-state index contributed by atoms with van der Waals surface area (Å²) < 4.78 is 11.5. The number of fused-ring (bicyclic) bond motifs is 1. The van der Waals surface area contributed by atoms with Crippen molar-refractivity contribution in [1.82, 2.24) is 0 Å². The summed E-state index contributed by atoms with van der Waals surface area (Å²) in [6.07, 6.45) is 1.14. The van der Waals surface area contributed by atoms with Crippen LogP contribution < -0.4 is 14.4 Å². The fourth-order valence-electron chi connectivity index (χ4n) is 3.71. The molecule has 0 atom stereocenters. The Morgan fingerprint density at radius 3 is 2.06 bits per heavy atom. The average molecular weight is 447 g/mol. The Balaban J connectivity index is 1.40. The van der Waals surface area contributed by atoms with Gasteiger partial charge in [0, 0.05) is 6.07 Å².